The van der Waals surface area contributed by atoms with Crippen molar-refractivity contribution in [1.29, 1.82) is 0 Å². The van der Waals surface area contributed by atoms with Gasteiger partial charge in [-0.05, 0) is 12.3 Å². The summed E-state index contributed by atoms with van der Waals surface area (Å²) in [5, 5.41) is 0. The third kappa shape index (κ3) is 3.30. The first-order valence-corrected chi connectivity index (χ1v) is 3.79. The van der Waals surface area contributed by atoms with E-state index in [9.17, 15) is 9.59 Å². The normalized spacial score (nSPS) is 14.1. The molecule has 2 nitrogen and oxygen atoms in total. The second kappa shape index (κ2) is 4.27. The highest BCUT2D eigenvalue weighted by Crippen LogP contribution is 2.26. The van der Waals surface area contributed by atoms with E-state index in [4.69, 9.17) is 0 Å². The standard InChI is InChI=1S/C9H14O2/c1-8(5-4-6-10)9(2,3)7-11/h8H,4-5H2,1-3H3. The summed E-state index contributed by atoms with van der Waals surface area (Å²) >= 11 is 0. The van der Waals surface area contributed by atoms with Crippen molar-refractivity contribution in [3.05, 3.63) is 0 Å². The number of hydrogen-bond acceptors (Lipinski definition) is 2. The maximum Gasteiger partial charge on any atom is 0.204 e. The van der Waals surface area contributed by atoms with Gasteiger partial charge in [-0.2, -0.15) is 0 Å². The summed E-state index contributed by atoms with van der Waals surface area (Å²) < 4.78 is 0. The van der Waals surface area contributed by atoms with Gasteiger partial charge >= 0.3 is 0 Å². The van der Waals surface area contributed by atoms with Crippen LogP contribution in [0.2, 0.25) is 0 Å². The molecule has 0 saturated carbocycles. The van der Waals surface area contributed by atoms with Crippen molar-refractivity contribution in [1.82, 2.24) is 0 Å². The molecule has 0 aromatic heterocycles. The van der Waals surface area contributed by atoms with Crippen LogP contribution in [0.1, 0.15) is 33.6 Å². The lowest BCUT2D eigenvalue weighted by Gasteiger charge is -2.23. The smallest absolute Gasteiger partial charge is 0.204 e. The fourth-order valence-corrected chi connectivity index (χ4v) is 0.737. The molecule has 1 atom stereocenters. The van der Waals surface area contributed by atoms with Crippen LogP contribution in [0.5, 0.6) is 0 Å². The molecule has 0 rings (SSSR count). The molecule has 0 bridgehead atoms. The average Bonchev–Trinajstić information content (AvgIpc) is 2.00. The predicted molar refractivity (Wildman–Crippen MR) is 43.6 cm³/mol. The number of hydrogen-bond donors (Lipinski definition) is 0. The van der Waals surface area contributed by atoms with E-state index in [2.05, 4.69) is 0 Å². The van der Waals surface area contributed by atoms with Crippen LogP contribution in [0.3, 0.4) is 0 Å². The molecule has 0 N–H and O–H groups in total. The highest BCUT2D eigenvalue weighted by atomic mass is 16.1. The van der Waals surface area contributed by atoms with Gasteiger partial charge in [-0.15, -0.1) is 0 Å². The van der Waals surface area contributed by atoms with Gasteiger partial charge in [0.2, 0.25) is 6.29 Å². The van der Waals surface area contributed by atoms with Gasteiger partial charge in [0, 0.05) is 11.8 Å². The molecule has 0 amide bonds. The second-order valence-corrected chi connectivity index (χ2v) is 3.41. The SMILES string of the molecule is CC(CC[C]=O)C(C)(C)[C]=O. The minimum atomic E-state index is -0.434. The topological polar surface area (TPSA) is 34.1 Å². The summed E-state index contributed by atoms with van der Waals surface area (Å²) in [5.74, 6) is 0.196. The van der Waals surface area contributed by atoms with Gasteiger partial charge in [-0.1, -0.05) is 20.8 Å². The average molecular weight is 154 g/mol. The molecule has 0 aromatic carbocycles. The Kier molecular flexibility index (Phi) is 4.01. The minimum absolute atomic E-state index is 0.196. The molecular formula is C9H14O2. The summed E-state index contributed by atoms with van der Waals surface area (Å²) in [6, 6.07) is 0. The molecule has 0 aliphatic carbocycles. The molecule has 0 spiro atoms. The summed E-state index contributed by atoms with van der Waals surface area (Å²) in [6.07, 6.45) is 4.91. The van der Waals surface area contributed by atoms with Crippen LogP contribution in [-0.2, 0) is 9.59 Å². The van der Waals surface area contributed by atoms with E-state index in [1.807, 2.05) is 33.3 Å². The summed E-state index contributed by atoms with van der Waals surface area (Å²) in [6.45, 7) is 5.60. The first-order chi connectivity index (χ1) is 5.04. The van der Waals surface area contributed by atoms with Crippen LogP contribution in [-0.4, -0.2) is 12.6 Å². The largest absolute Gasteiger partial charge is 0.291 e. The molecule has 62 valence electrons. The Bertz CT molecular complexity index is 138. The van der Waals surface area contributed by atoms with Gasteiger partial charge in [-0.3, -0.25) is 9.59 Å². The summed E-state index contributed by atoms with van der Waals surface area (Å²) in [5.41, 5.74) is -0.434. The first kappa shape index (κ1) is 10.3. The molecule has 2 heteroatoms. The Morgan fingerprint density at radius 1 is 1.36 bits per heavy atom. The monoisotopic (exact) mass is 154 g/mol. The summed E-state index contributed by atoms with van der Waals surface area (Å²) in [4.78, 5) is 20.3. The van der Waals surface area contributed by atoms with Crippen LogP contribution in [0, 0.1) is 11.3 Å². The van der Waals surface area contributed by atoms with Crippen molar-refractivity contribution in [2.75, 3.05) is 0 Å². The quantitative estimate of drug-likeness (QED) is 0.603. The Morgan fingerprint density at radius 2 is 1.91 bits per heavy atom. The van der Waals surface area contributed by atoms with E-state index in [0.29, 0.717) is 12.8 Å². The lowest BCUT2D eigenvalue weighted by atomic mass is 9.79. The van der Waals surface area contributed by atoms with E-state index in [1.54, 1.807) is 0 Å². The zero-order chi connectivity index (χ0) is 8.91. The number of rotatable bonds is 5. The minimum Gasteiger partial charge on any atom is -0.291 e. The molecule has 0 aliphatic heterocycles. The van der Waals surface area contributed by atoms with Crippen molar-refractivity contribution in [3.63, 3.8) is 0 Å². The van der Waals surface area contributed by atoms with E-state index < -0.39 is 5.41 Å². The Morgan fingerprint density at radius 3 is 2.27 bits per heavy atom. The molecule has 0 saturated heterocycles. The molecular weight excluding hydrogens is 140 g/mol. The van der Waals surface area contributed by atoms with E-state index in [-0.39, 0.29) is 5.92 Å². The van der Waals surface area contributed by atoms with Gasteiger partial charge < -0.3 is 0 Å². The lowest BCUT2D eigenvalue weighted by molar-refractivity contribution is 0.304. The van der Waals surface area contributed by atoms with Crippen molar-refractivity contribution >= 4 is 12.6 Å². The zero-order valence-corrected chi connectivity index (χ0v) is 7.31. The second-order valence-electron chi connectivity index (χ2n) is 3.41. The van der Waals surface area contributed by atoms with E-state index in [0.717, 1.165) is 0 Å². The molecule has 1 unspecified atom stereocenters. The molecule has 0 heterocycles. The van der Waals surface area contributed by atoms with Crippen molar-refractivity contribution in [2.24, 2.45) is 11.3 Å². The Hall–Kier alpha value is -0.660. The van der Waals surface area contributed by atoms with Crippen molar-refractivity contribution < 1.29 is 9.59 Å². The maximum atomic E-state index is 10.4. The van der Waals surface area contributed by atoms with Crippen LogP contribution in [0.25, 0.3) is 0 Å². The van der Waals surface area contributed by atoms with Crippen molar-refractivity contribution in [2.45, 2.75) is 33.6 Å². The van der Waals surface area contributed by atoms with Gasteiger partial charge in [-0.25, -0.2) is 0 Å². The van der Waals surface area contributed by atoms with Crippen LogP contribution in [0.4, 0.5) is 0 Å². The van der Waals surface area contributed by atoms with Crippen LogP contribution >= 0.6 is 0 Å². The lowest BCUT2D eigenvalue weighted by Crippen LogP contribution is -2.23. The van der Waals surface area contributed by atoms with Gasteiger partial charge in [0.25, 0.3) is 0 Å². The Labute approximate surface area is 68.0 Å². The third-order valence-corrected chi connectivity index (χ3v) is 2.17. The molecule has 11 heavy (non-hydrogen) atoms. The van der Waals surface area contributed by atoms with Crippen LogP contribution < -0.4 is 0 Å². The fraction of sp³-hybridized carbons (Fsp3) is 0.778. The van der Waals surface area contributed by atoms with E-state index in [1.165, 1.54) is 0 Å². The molecule has 0 aliphatic rings. The zero-order valence-electron chi connectivity index (χ0n) is 7.31. The third-order valence-electron chi connectivity index (χ3n) is 2.17. The van der Waals surface area contributed by atoms with Crippen molar-refractivity contribution in [3.8, 4) is 0 Å². The summed E-state index contributed by atoms with van der Waals surface area (Å²) in [7, 11) is 0. The van der Waals surface area contributed by atoms with Gasteiger partial charge in [0.1, 0.15) is 0 Å². The van der Waals surface area contributed by atoms with Gasteiger partial charge in [0.05, 0.1) is 0 Å². The molecule has 2 radical (unpaired) electrons. The first-order valence-electron chi connectivity index (χ1n) is 3.79. The highest BCUT2D eigenvalue weighted by molar-refractivity contribution is 5.59. The number of carbonyl (C=O) groups excluding carboxylic acids is 2. The predicted octanol–water partition coefficient (Wildman–Crippen LogP) is 1.65. The van der Waals surface area contributed by atoms with Crippen LogP contribution in [0.15, 0.2) is 0 Å². The fourth-order valence-electron chi connectivity index (χ4n) is 0.737. The molecule has 0 aromatic rings. The highest BCUT2D eigenvalue weighted by Gasteiger charge is 2.25. The Balaban J connectivity index is 3.89. The maximum absolute atomic E-state index is 10.4. The van der Waals surface area contributed by atoms with Gasteiger partial charge in [0.15, 0.2) is 6.29 Å². The van der Waals surface area contributed by atoms with E-state index >= 15 is 0 Å². The molecule has 0 fully saturated rings.